The van der Waals surface area contributed by atoms with Gasteiger partial charge in [0.1, 0.15) is 12.4 Å². The first-order valence-corrected chi connectivity index (χ1v) is 6.96. The van der Waals surface area contributed by atoms with Gasteiger partial charge in [-0.3, -0.25) is 15.0 Å². The molecule has 6 nitrogen and oxygen atoms in total. The number of likely N-dealkylation sites (tertiary alicyclic amines) is 1. The summed E-state index contributed by atoms with van der Waals surface area (Å²) >= 11 is 0. The van der Waals surface area contributed by atoms with E-state index in [1.165, 1.54) is 25.0 Å². The molecule has 1 atom stereocenters. The maximum absolute atomic E-state index is 10.7. The molecule has 0 amide bonds. The van der Waals surface area contributed by atoms with Crippen LogP contribution in [0.1, 0.15) is 12.8 Å². The smallest absolute Gasteiger partial charge is 0.273 e. The SMILES string of the molecule is CNC1CCCN(CCOc2cccc([N+](=O)[O-])c2)C1. The minimum Gasteiger partial charge on any atom is -0.492 e. The molecule has 1 N–H and O–H groups in total. The van der Waals surface area contributed by atoms with Crippen LogP contribution < -0.4 is 10.1 Å². The van der Waals surface area contributed by atoms with Crippen molar-refractivity contribution in [2.24, 2.45) is 0 Å². The summed E-state index contributed by atoms with van der Waals surface area (Å²) < 4.78 is 5.60. The molecule has 1 heterocycles. The maximum atomic E-state index is 10.7. The van der Waals surface area contributed by atoms with Gasteiger partial charge in [0.2, 0.25) is 0 Å². The monoisotopic (exact) mass is 279 g/mol. The van der Waals surface area contributed by atoms with Crippen LogP contribution in [0.3, 0.4) is 0 Å². The van der Waals surface area contributed by atoms with Crippen molar-refractivity contribution in [1.82, 2.24) is 10.2 Å². The highest BCUT2D eigenvalue weighted by Gasteiger charge is 2.17. The molecule has 110 valence electrons. The number of hydrogen-bond acceptors (Lipinski definition) is 5. The summed E-state index contributed by atoms with van der Waals surface area (Å²) in [4.78, 5) is 12.6. The fourth-order valence-electron chi connectivity index (χ4n) is 2.47. The summed E-state index contributed by atoms with van der Waals surface area (Å²) in [7, 11) is 1.99. The van der Waals surface area contributed by atoms with Crippen LogP contribution >= 0.6 is 0 Å². The van der Waals surface area contributed by atoms with Crippen molar-refractivity contribution in [2.75, 3.05) is 33.3 Å². The van der Waals surface area contributed by atoms with Crippen LogP contribution in [-0.2, 0) is 0 Å². The average Bonchev–Trinajstić information content (AvgIpc) is 2.48. The summed E-state index contributed by atoms with van der Waals surface area (Å²) in [6, 6.07) is 6.88. The molecular weight excluding hydrogens is 258 g/mol. The number of nitrogens with zero attached hydrogens (tertiary/aromatic N) is 2. The molecule has 2 rings (SSSR count). The number of piperidine rings is 1. The number of hydrogen-bond donors (Lipinski definition) is 1. The van der Waals surface area contributed by atoms with Crippen LogP contribution in [0.15, 0.2) is 24.3 Å². The van der Waals surface area contributed by atoms with E-state index in [1.54, 1.807) is 12.1 Å². The van der Waals surface area contributed by atoms with Crippen LogP contribution in [-0.4, -0.2) is 49.2 Å². The normalized spacial score (nSPS) is 19.8. The molecule has 1 aliphatic heterocycles. The summed E-state index contributed by atoms with van der Waals surface area (Å²) in [6.07, 6.45) is 2.42. The highest BCUT2D eigenvalue weighted by Crippen LogP contribution is 2.19. The van der Waals surface area contributed by atoms with Crippen molar-refractivity contribution >= 4 is 5.69 Å². The molecule has 1 aromatic rings. The maximum Gasteiger partial charge on any atom is 0.273 e. The number of non-ortho nitro benzene ring substituents is 1. The van der Waals surface area contributed by atoms with Crippen LogP contribution in [0.25, 0.3) is 0 Å². The van der Waals surface area contributed by atoms with Gasteiger partial charge in [-0.15, -0.1) is 0 Å². The Hall–Kier alpha value is -1.66. The lowest BCUT2D eigenvalue weighted by Gasteiger charge is -2.32. The second-order valence-electron chi connectivity index (χ2n) is 5.03. The van der Waals surface area contributed by atoms with Gasteiger partial charge in [0, 0.05) is 25.2 Å². The molecule has 1 fully saturated rings. The van der Waals surface area contributed by atoms with Gasteiger partial charge in [0.05, 0.1) is 11.0 Å². The quantitative estimate of drug-likeness (QED) is 0.633. The first-order chi connectivity index (χ1) is 9.69. The van der Waals surface area contributed by atoms with E-state index in [-0.39, 0.29) is 5.69 Å². The lowest BCUT2D eigenvalue weighted by atomic mass is 10.1. The lowest BCUT2D eigenvalue weighted by molar-refractivity contribution is -0.384. The number of benzene rings is 1. The Labute approximate surface area is 118 Å². The van der Waals surface area contributed by atoms with Crippen molar-refractivity contribution in [2.45, 2.75) is 18.9 Å². The second-order valence-corrected chi connectivity index (χ2v) is 5.03. The van der Waals surface area contributed by atoms with E-state index in [1.807, 2.05) is 7.05 Å². The molecule has 1 saturated heterocycles. The molecule has 20 heavy (non-hydrogen) atoms. The van der Waals surface area contributed by atoms with Crippen molar-refractivity contribution in [3.8, 4) is 5.75 Å². The number of nitrogens with one attached hydrogen (secondary N) is 1. The Morgan fingerprint density at radius 2 is 2.40 bits per heavy atom. The highest BCUT2D eigenvalue weighted by molar-refractivity contribution is 5.37. The first kappa shape index (κ1) is 14.7. The number of likely N-dealkylation sites (N-methyl/N-ethyl adjacent to an activating group) is 1. The molecular formula is C14H21N3O3. The van der Waals surface area contributed by atoms with Crippen molar-refractivity contribution < 1.29 is 9.66 Å². The van der Waals surface area contributed by atoms with Crippen molar-refractivity contribution in [3.63, 3.8) is 0 Å². The number of ether oxygens (including phenoxy) is 1. The standard InChI is InChI=1S/C14H21N3O3/c1-15-12-4-3-7-16(11-12)8-9-20-14-6-2-5-13(10-14)17(18)19/h2,5-6,10,12,15H,3-4,7-9,11H2,1H3. The highest BCUT2D eigenvalue weighted by atomic mass is 16.6. The Bertz CT molecular complexity index is 453. The Balaban J connectivity index is 1.78. The molecule has 0 aliphatic carbocycles. The molecule has 1 aliphatic rings. The zero-order chi connectivity index (χ0) is 14.4. The number of nitro groups is 1. The molecule has 0 aromatic heterocycles. The van der Waals surface area contributed by atoms with E-state index in [4.69, 9.17) is 4.74 Å². The molecule has 0 radical (unpaired) electrons. The van der Waals surface area contributed by atoms with Crippen molar-refractivity contribution in [1.29, 1.82) is 0 Å². The average molecular weight is 279 g/mol. The predicted octanol–water partition coefficient (Wildman–Crippen LogP) is 1.66. The van der Waals surface area contributed by atoms with E-state index in [0.29, 0.717) is 18.4 Å². The van der Waals surface area contributed by atoms with E-state index in [0.717, 1.165) is 19.6 Å². The van der Waals surface area contributed by atoms with Gasteiger partial charge in [-0.05, 0) is 32.5 Å². The minimum atomic E-state index is -0.408. The van der Waals surface area contributed by atoms with E-state index in [2.05, 4.69) is 10.2 Å². The fourth-order valence-corrected chi connectivity index (χ4v) is 2.47. The van der Waals surface area contributed by atoms with Gasteiger partial charge < -0.3 is 10.1 Å². The minimum absolute atomic E-state index is 0.0655. The zero-order valence-corrected chi connectivity index (χ0v) is 11.7. The first-order valence-electron chi connectivity index (χ1n) is 6.96. The molecule has 1 aromatic carbocycles. The summed E-state index contributed by atoms with van der Waals surface area (Å²) in [5.74, 6) is 0.557. The third-order valence-electron chi connectivity index (χ3n) is 3.62. The predicted molar refractivity (Wildman–Crippen MR) is 77.1 cm³/mol. The molecule has 1 unspecified atom stereocenters. The second kappa shape index (κ2) is 7.21. The fraction of sp³-hybridized carbons (Fsp3) is 0.571. The number of nitro benzene ring substituents is 1. The van der Waals surface area contributed by atoms with Gasteiger partial charge in [-0.25, -0.2) is 0 Å². The van der Waals surface area contributed by atoms with Crippen molar-refractivity contribution in [3.05, 3.63) is 34.4 Å². The largest absolute Gasteiger partial charge is 0.492 e. The third kappa shape index (κ3) is 4.18. The number of rotatable bonds is 6. The van der Waals surface area contributed by atoms with Gasteiger partial charge >= 0.3 is 0 Å². The van der Waals surface area contributed by atoms with Crippen LogP contribution in [0.5, 0.6) is 5.75 Å². The van der Waals surface area contributed by atoms with Gasteiger partial charge in [0.15, 0.2) is 0 Å². The summed E-state index contributed by atoms with van der Waals surface area (Å²) in [5, 5.41) is 14.0. The molecule has 6 heteroatoms. The van der Waals surface area contributed by atoms with Gasteiger partial charge in [-0.1, -0.05) is 6.07 Å². The Kier molecular flexibility index (Phi) is 5.31. The van der Waals surface area contributed by atoms with Crippen LogP contribution in [0.2, 0.25) is 0 Å². The van der Waals surface area contributed by atoms with Crippen LogP contribution in [0.4, 0.5) is 5.69 Å². The summed E-state index contributed by atoms with van der Waals surface area (Å²) in [5.41, 5.74) is 0.0655. The molecule has 0 spiro atoms. The summed E-state index contributed by atoms with van der Waals surface area (Å²) in [6.45, 7) is 3.53. The third-order valence-corrected chi connectivity index (χ3v) is 3.62. The van der Waals surface area contributed by atoms with E-state index in [9.17, 15) is 10.1 Å². The zero-order valence-electron chi connectivity index (χ0n) is 11.7. The molecule has 0 saturated carbocycles. The van der Waals surface area contributed by atoms with Crippen LogP contribution in [0, 0.1) is 10.1 Å². The molecule has 0 bridgehead atoms. The Morgan fingerprint density at radius 3 is 3.15 bits per heavy atom. The Morgan fingerprint density at radius 1 is 1.55 bits per heavy atom. The van der Waals surface area contributed by atoms with E-state index >= 15 is 0 Å². The van der Waals surface area contributed by atoms with Gasteiger partial charge in [0.25, 0.3) is 5.69 Å². The van der Waals surface area contributed by atoms with Gasteiger partial charge in [-0.2, -0.15) is 0 Å². The lowest BCUT2D eigenvalue weighted by Crippen LogP contribution is -2.45. The van der Waals surface area contributed by atoms with E-state index < -0.39 is 4.92 Å². The topological polar surface area (TPSA) is 67.6 Å².